The molecule has 18 heavy (non-hydrogen) atoms. The van der Waals surface area contributed by atoms with Gasteiger partial charge in [-0.3, -0.25) is 0 Å². The molecule has 0 aliphatic carbocycles. The Bertz CT molecular complexity index is 382. The average Bonchev–Trinajstić information content (AvgIpc) is 2.32. The number of nitrogens with zero attached hydrogens (tertiary/aromatic N) is 1. The first kappa shape index (κ1) is 15.6. The van der Waals surface area contributed by atoms with Crippen molar-refractivity contribution in [1.29, 1.82) is 0 Å². The van der Waals surface area contributed by atoms with Crippen LogP contribution in [0.2, 0.25) is 0 Å². The van der Waals surface area contributed by atoms with Gasteiger partial charge in [0.05, 0.1) is 4.47 Å². The minimum Gasteiger partial charge on any atom is -0.327 e. The van der Waals surface area contributed by atoms with Crippen molar-refractivity contribution in [3.8, 4) is 0 Å². The molecule has 0 saturated carbocycles. The molecular formula is C14H22BrFN2. The molecule has 0 aliphatic heterocycles. The van der Waals surface area contributed by atoms with Crippen LogP contribution in [0.25, 0.3) is 0 Å². The molecule has 1 aromatic rings. The first-order valence-electron chi connectivity index (χ1n) is 6.28. The monoisotopic (exact) mass is 316 g/mol. The molecule has 2 N–H and O–H groups in total. The normalized spacial score (nSPS) is 13.3. The fourth-order valence-corrected chi connectivity index (χ4v) is 2.13. The SMILES string of the molecule is CC(C)C(N)CCN(C)Cc1cccc(F)c1Br. The van der Waals surface area contributed by atoms with Crippen LogP contribution in [0, 0.1) is 11.7 Å². The van der Waals surface area contributed by atoms with E-state index in [1.165, 1.54) is 6.07 Å². The van der Waals surface area contributed by atoms with Crippen LogP contribution in [-0.4, -0.2) is 24.5 Å². The van der Waals surface area contributed by atoms with Gasteiger partial charge in [-0.15, -0.1) is 0 Å². The minimum absolute atomic E-state index is 0.209. The van der Waals surface area contributed by atoms with E-state index in [-0.39, 0.29) is 11.9 Å². The van der Waals surface area contributed by atoms with Crippen molar-refractivity contribution < 1.29 is 4.39 Å². The second-order valence-corrected chi connectivity index (χ2v) is 5.94. The molecule has 0 fully saturated rings. The maximum Gasteiger partial charge on any atom is 0.137 e. The summed E-state index contributed by atoms with van der Waals surface area (Å²) in [5.74, 6) is 0.291. The lowest BCUT2D eigenvalue weighted by Gasteiger charge is -2.21. The van der Waals surface area contributed by atoms with Gasteiger partial charge in [0, 0.05) is 12.6 Å². The summed E-state index contributed by atoms with van der Waals surface area (Å²) in [6.45, 7) is 5.91. The Morgan fingerprint density at radius 1 is 1.39 bits per heavy atom. The second kappa shape index (κ2) is 7.22. The van der Waals surface area contributed by atoms with Crippen LogP contribution in [0.4, 0.5) is 4.39 Å². The number of rotatable bonds is 6. The van der Waals surface area contributed by atoms with Gasteiger partial charge in [0.2, 0.25) is 0 Å². The largest absolute Gasteiger partial charge is 0.327 e. The van der Waals surface area contributed by atoms with Crippen LogP contribution in [0.1, 0.15) is 25.8 Å². The highest BCUT2D eigenvalue weighted by Crippen LogP contribution is 2.21. The highest BCUT2D eigenvalue weighted by molar-refractivity contribution is 9.10. The zero-order chi connectivity index (χ0) is 13.7. The van der Waals surface area contributed by atoms with E-state index in [0.29, 0.717) is 10.4 Å². The predicted molar refractivity (Wildman–Crippen MR) is 77.9 cm³/mol. The van der Waals surface area contributed by atoms with Crippen molar-refractivity contribution in [1.82, 2.24) is 4.90 Å². The molecule has 0 saturated heterocycles. The number of hydrogen-bond acceptors (Lipinski definition) is 2. The molecule has 0 bridgehead atoms. The maximum absolute atomic E-state index is 13.4. The highest BCUT2D eigenvalue weighted by Gasteiger charge is 2.11. The van der Waals surface area contributed by atoms with E-state index in [9.17, 15) is 4.39 Å². The third-order valence-electron chi connectivity index (χ3n) is 3.17. The molecular weight excluding hydrogens is 295 g/mol. The summed E-state index contributed by atoms with van der Waals surface area (Å²) in [5.41, 5.74) is 6.98. The topological polar surface area (TPSA) is 29.3 Å². The molecule has 2 nitrogen and oxygen atoms in total. The number of hydrogen-bond donors (Lipinski definition) is 1. The molecule has 0 aromatic heterocycles. The quantitative estimate of drug-likeness (QED) is 0.871. The maximum atomic E-state index is 13.4. The van der Waals surface area contributed by atoms with E-state index in [2.05, 4.69) is 34.7 Å². The lowest BCUT2D eigenvalue weighted by Crippen LogP contribution is -2.31. The number of halogens is 2. The standard InChI is InChI=1S/C14H22BrFN2/c1-10(2)13(17)7-8-18(3)9-11-5-4-6-12(16)14(11)15/h4-6,10,13H,7-9,17H2,1-3H3. The molecule has 0 spiro atoms. The minimum atomic E-state index is -0.209. The summed E-state index contributed by atoms with van der Waals surface area (Å²) in [5, 5.41) is 0. The van der Waals surface area contributed by atoms with Gasteiger partial charge in [-0.05, 0) is 53.5 Å². The van der Waals surface area contributed by atoms with Crippen LogP contribution in [0.15, 0.2) is 22.7 Å². The van der Waals surface area contributed by atoms with Crippen molar-refractivity contribution >= 4 is 15.9 Å². The van der Waals surface area contributed by atoms with Gasteiger partial charge in [0.25, 0.3) is 0 Å². The fourth-order valence-electron chi connectivity index (χ4n) is 1.74. The molecule has 4 heteroatoms. The van der Waals surface area contributed by atoms with Crippen molar-refractivity contribution in [2.75, 3.05) is 13.6 Å². The predicted octanol–water partition coefficient (Wildman–Crippen LogP) is 3.39. The Kier molecular flexibility index (Phi) is 6.26. The van der Waals surface area contributed by atoms with Crippen LogP contribution < -0.4 is 5.73 Å². The zero-order valence-corrected chi connectivity index (χ0v) is 12.9. The van der Waals surface area contributed by atoms with Crippen LogP contribution in [0.3, 0.4) is 0 Å². The van der Waals surface area contributed by atoms with E-state index in [0.717, 1.165) is 25.1 Å². The summed E-state index contributed by atoms with van der Waals surface area (Å²) in [4.78, 5) is 2.17. The summed E-state index contributed by atoms with van der Waals surface area (Å²) in [7, 11) is 2.03. The van der Waals surface area contributed by atoms with Crippen molar-refractivity contribution in [2.45, 2.75) is 32.9 Å². The average molecular weight is 317 g/mol. The van der Waals surface area contributed by atoms with E-state index < -0.39 is 0 Å². The lowest BCUT2D eigenvalue weighted by atomic mass is 10.0. The first-order valence-corrected chi connectivity index (χ1v) is 7.08. The molecule has 1 unspecified atom stereocenters. The third-order valence-corrected chi connectivity index (χ3v) is 4.06. The molecule has 0 radical (unpaired) electrons. The second-order valence-electron chi connectivity index (χ2n) is 5.15. The Morgan fingerprint density at radius 2 is 2.06 bits per heavy atom. The highest BCUT2D eigenvalue weighted by atomic mass is 79.9. The van der Waals surface area contributed by atoms with Gasteiger partial charge in [0.1, 0.15) is 5.82 Å². The van der Waals surface area contributed by atoms with Gasteiger partial charge in [-0.1, -0.05) is 26.0 Å². The van der Waals surface area contributed by atoms with E-state index >= 15 is 0 Å². The molecule has 1 aromatic carbocycles. The summed E-state index contributed by atoms with van der Waals surface area (Å²) in [6, 6.07) is 5.36. The molecule has 0 heterocycles. The fraction of sp³-hybridized carbons (Fsp3) is 0.571. The first-order chi connectivity index (χ1) is 8.41. The Balaban J connectivity index is 2.49. The van der Waals surface area contributed by atoms with Crippen molar-refractivity contribution in [3.05, 3.63) is 34.1 Å². The van der Waals surface area contributed by atoms with E-state index in [1.807, 2.05) is 13.1 Å². The molecule has 0 aliphatic rings. The lowest BCUT2D eigenvalue weighted by molar-refractivity contribution is 0.295. The summed E-state index contributed by atoms with van der Waals surface area (Å²) >= 11 is 3.29. The molecule has 102 valence electrons. The summed E-state index contributed by atoms with van der Waals surface area (Å²) < 4.78 is 13.9. The van der Waals surface area contributed by atoms with Crippen LogP contribution in [0.5, 0.6) is 0 Å². The van der Waals surface area contributed by atoms with Crippen molar-refractivity contribution in [3.63, 3.8) is 0 Å². The smallest absolute Gasteiger partial charge is 0.137 e. The zero-order valence-electron chi connectivity index (χ0n) is 11.3. The Morgan fingerprint density at radius 3 is 2.67 bits per heavy atom. The van der Waals surface area contributed by atoms with Gasteiger partial charge >= 0.3 is 0 Å². The molecule has 1 rings (SSSR count). The van der Waals surface area contributed by atoms with Gasteiger partial charge in [-0.25, -0.2) is 4.39 Å². The van der Waals surface area contributed by atoms with Crippen molar-refractivity contribution in [2.24, 2.45) is 11.7 Å². The van der Waals surface area contributed by atoms with Crippen LogP contribution in [-0.2, 0) is 6.54 Å². The van der Waals surface area contributed by atoms with Gasteiger partial charge < -0.3 is 10.6 Å². The summed E-state index contributed by atoms with van der Waals surface area (Å²) in [6.07, 6.45) is 0.959. The number of nitrogens with two attached hydrogens (primary N) is 1. The van der Waals surface area contributed by atoms with E-state index in [4.69, 9.17) is 5.73 Å². The Labute approximate surface area is 117 Å². The number of benzene rings is 1. The van der Waals surface area contributed by atoms with Gasteiger partial charge in [-0.2, -0.15) is 0 Å². The third kappa shape index (κ3) is 4.67. The van der Waals surface area contributed by atoms with Gasteiger partial charge in [0.15, 0.2) is 0 Å². The van der Waals surface area contributed by atoms with Crippen LogP contribution >= 0.6 is 15.9 Å². The Hall–Kier alpha value is -0.450. The molecule has 1 atom stereocenters. The van der Waals surface area contributed by atoms with E-state index in [1.54, 1.807) is 6.07 Å². The molecule has 0 amide bonds.